The lowest BCUT2D eigenvalue weighted by molar-refractivity contribution is 0.512. The van der Waals surface area contributed by atoms with E-state index in [9.17, 15) is 0 Å². The highest BCUT2D eigenvalue weighted by molar-refractivity contribution is 7.95. The minimum atomic E-state index is -1.63. The van der Waals surface area contributed by atoms with E-state index in [4.69, 9.17) is 0 Å². The van der Waals surface area contributed by atoms with Crippen LogP contribution in [0.4, 0.5) is 0 Å². The van der Waals surface area contributed by atoms with Gasteiger partial charge in [0.05, 0.1) is 6.16 Å². The molecular weight excluding hydrogens is 331 g/mol. The zero-order valence-corrected chi connectivity index (χ0v) is 16.9. The van der Waals surface area contributed by atoms with E-state index in [2.05, 4.69) is 105 Å². The third kappa shape index (κ3) is 4.08. The molecule has 1 heteroatoms. The Hall–Kier alpha value is -1.91. The summed E-state index contributed by atoms with van der Waals surface area (Å²) in [7, 11) is -1.63. The molecule has 3 rings (SSSR count). The van der Waals surface area contributed by atoms with Gasteiger partial charge in [0.25, 0.3) is 0 Å². The van der Waals surface area contributed by atoms with Crippen molar-refractivity contribution in [3.63, 3.8) is 0 Å². The van der Waals surface area contributed by atoms with Gasteiger partial charge in [0.1, 0.15) is 23.2 Å². The summed E-state index contributed by atoms with van der Waals surface area (Å²) in [4.78, 5) is 0. The maximum atomic E-state index is 2.42. The van der Waals surface area contributed by atoms with Gasteiger partial charge in [0.15, 0.2) is 0 Å². The fourth-order valence-corrected chi connectivity index (χ4v) is 8.47. The van der Waals surface area contributed by atoms with Crippen molar-refractivity contribution in [2.75, 3.05) is 6.16 Å². The third-order valence-electron chi connectivity index (χ3n) is 5.33. The van der Waals surface area contributed by atoms with Gasteiger partial charge in [0, 0.05) is 0 Å². The maximum absolute atomic E-state index is 2.42. The zero-order chi connectivity index (χ0) is 18.2. The number of rotatable bonds is 8. The monoisotopic (exact) mass is 361 g/mol. The molecule has 0 aliphatic rings. The Balaban J connectivity index is 2.15. The molecule has 1 unspecified atom stereocenters. The number of hydrogen-bond donors (Lipinski definition) is 0. The third-order valence-corrected chi connectivity index (χ3v) is 9.80. The summed E-state index contributed by atoms with van der Waals surface area (Å²) in [5.41, 5.74) is 0. The van der Waals surface area contributed by atoms with Crippen molar-refractivity contribution in [1.29, 1.82) is 0 Å². The first-order chi connectivity index (χ1) is 12.8. The minimum absolute atomic E-state index is 0.774. The van der Waals surface area contributed by atoms with Crippen molar-refractivity contribution in [1.82, 2.24) is 0 Å². The molecule has 3 aromatic carbocycles. The van der Waals surface area contributed by atoms with Crippen LogP contribution in [0.3, 0.4) is 0 Å². The standard InChI is InChI=1S/C25H30P/c1-3-13-22(2)20-21-26(23-14-7-4-8-15-23,24-16-9-5-10-17-24)25-18-11-6-12-19-25/h4-12,14-19,22H,3,13,20-21H2,1-2H3/q+1. The molecule has 0 radical (unpaired) electrons. The van der Waals surface area contributed by atoms with E-state index in [1.54, 1.807) is 0 Å². The zero-order valence-electron chi connectivity index (χ0n) is 16.0. The Labute approximate surface area is 159 Å². The van der Waals surface area contributed by atoms with E-state index >= 15 is 0 Å². The van der Waals surface area contributed by atoms with E-state index in [0.29, 0.717) is 0 Å². The Morgan fingerprint density at radius 1 is 0.615 bits per heavy atom. The molecule has 0 amide bonds. The van der Waals surface area contributed by atoms with E-state index in [-0.39, 0.29) is 0 Å². The van der Waals surface area contributed by atoms with Gasteiger partial charge in [-0.15, -0.1) is 0 Å². The van der Waals surface area contributed by atoms with Gasteiger partial charge in [0.2, 0.25) is 0 Å². The van der Waals surface area contributed by atoms with Crippen LogP contribution in [-0.4, -0.2) is 6.16 Å². The van der Waals surface area contributed by atoms with E-state index in [1.165, 1.54) is 41.3 Å². The molecule has 3 aromatic rings. The molecule has 0 aromatic heterocycles. The molecule has 134 valence electrons. The lowest BCUT2D eigenvalue weighted by Gasteiger charge is -2.28. The lowest BCUT2D eigenvalue weighted by atomic mass is 10.0. The van der Waals surface area contributed by atoms with Gasteiger partial charge in [-0.2, -0.15) is 0 Å². The summed E-state index contributed by atoms with van der Waals surface area (Å²) in [6.45, 7) is 4.71. The lowest BCUT2D eigenvalue weighted by Crippen LogP contribution is -2.33. The van der Waals surface area contributed by atoms with Crippen LogP contribution < -0.4 is 15.9 Å². The van der Waals surface area contributed by atoms with Gasteiger partial charge in [-0.3, -0.25) is 0 Å². The van der Waals surface area contributed by atoms with E-state index < -0.39 is 7.26 Å². The summed E-state index contributed by atoms with van der Waals surface area (Å²) in [6, 6.07) is 33.7. The van der Waals surface area contributed by atoms with Gasteiger partial charge in [-0.1, -0.05) is 81.3 Å². The second-order valence-corrected chi connectivity index (χ2v) is 10.8. The Morgan fingerprint density at radius 3 is 1.35 bits per heavy atom. The second kappa shape index (κ2) is 9.15. The normalized spacial score (nSPS) is 12.7. The summed E-state index contributed by atoms with van der Waals surface area (Å²) in [6.07, 6.45) is 5.11. The average molecular weight is 361 g/mol. The minimum Gasteiger partial charge on any atom is -0.0654 e. The number of hydrogen-bond acceptors (Lipinski definition) is 0. The summed E-state index contributed by atoms with van der Waals surface area (Å²) < 4.78 is 0. The molecule has 26 heavy (non-hydrogen) atoms. The smallest absolute Gasteiger partial charge is 0.0654 e. The van der Waals surface area contributed by atoms with Crippen LogP contribution in [0.15, 0.2) is 91.0 Å². The van der Waals surface area contributed by atoms with Crippen molar-refractivity contribution in [3.8, 4) is 0 Å². The fourth-order valence-electron chi connectivity index (χ4n) is 3.93. The molecule has 1 atom stereocenters. The summed E-state index contributed by atoms with van der Waals surface area (Å²) >= 11 is 0. The van der Waals surface area contributed by atoms with Crippen molar-refractivity contribution >= 4 is 23.2 Å². The molecule has 0 heterocycles. The van der Waals surface area contributed by atoms with Crippen molar-refractivity contribution < 1.29 is 0 Å². The van der Waals surface area contributed by atoms with Gasteiger partial charge < -0.3 is 0 Å². The molecule has 0 saturated carbocycles. The van der Waals surface area contributed by atoms with Crippen LogP contribution in [0.2, 0.25) is 0 Å². The maximum Gasteiger partial charge on any atom is 0.112 e. The highest BCUT2D eigenvalue weighted by Gasteiger charge is 2.44. The van der Waals surface area contributed by atoms with Crippen molar-refractivity contribution in [3.05, 3.63) is 91.0 Å². The van der Waals surface area contributed by atoms with E-state index in [1.807, 2.05) is 0 Å². The summed E-state index contributed by atoms with van der Waals surface area (Å²) in [5, 5.41) is 4.50. The predicted octanol–water partition coefficient (Wildman–Crippen LogP) is 5.81. The quantitative estimate of drug-likeness (QED) is 0.444. The van der Waals surface area contributed by atoms with Crippen molar-refractivity contribution in [2.24, 2.45) is 5.92 Å². The summed E-state index contributed by atoms with van der Waals surface area (Å²) in [5.74, 6) is 0.774. The number of benzene rings is 3. The van der Waals surface area contributed by atoms with Gasteiger partial charge in [-0.05, 0) is 48.7 Å². The average Bonchev–Trinajstić information content (AvgIpc) is 2.71. The highest BCUT2D eigenvalue weighted by atomic mass is 31.2. The first kappa shape index (κ1) is 18.9. The van der Waals surface area contributed by atoms with Crippen LogP contribution in [0.5, 0.6) is 0 Å². The van der Waals surface area contributed by atoms with Gasteiger partial charge in [-0.25, -0.2) is 0 Å². The predicted molar refractivity (Wildman–Crippen MR) is 119 cm³/mol. The molecule has 0 N–H and O–H groups in total. The molecule has 0 fully saturated rings. The molecular formula is C25H30P+. The molecule has 0 nitrogen and oxygen atoms in total. The Kier molecular flexibility index (Phi) is 6.64. The molecule has 0 spiro atoms. The topological polar surface area (TPSA) is 0 Å². The second-order valence-electron chi connectivity index (χ2n) is 7.22. The first-order valence-corrected chi connectivity index (χ1v) is 11.8. The first-order valence-electron chi connectivity index (χ1n) is 9.82. The van der Waals surface area contributed by atoms with Crippen LogP contribution in [0.25, 0.3) is 0 Å². The molecule has 0 bridgehead atoms. The van der Waals surface area contributed by atoms with E-state index in [0.717, 1.165) is 5.92 Å². The largest absolute Gasteiger partial charge is 0.112 e. The van der Waals surface area contributed by atoms with Crippen molar-refractivity contribution in [2.45, 2.75) is 33.1 Å². The fraction of sp³-hybridized carbons (Fsp3) is 0.280. The molecule has 0 aliphatic carbocycles. The molecule has 0 aliphatic heterocycles. The van der Waals surface area contributed by atoms with Crippen LogP contribution >= 0.6 is 7.26 Å². The van der Waals surface area contributed by atoms with Crippen LogP contribution in [-0.2, 0) is 0 Å². The van der Waals surface area contributed by atoms with Crippen LogP contribution in [0, 0.1) is 5.92 Å². The Morgan fingerprint density at radius 2 is 1.00 bits per heavy atom. The van der Waals surface area contributed by atoms with Crippen LogP contribution in [0.1, 0.15) is 33.1 Å². The van der Waals surface area contributed by atoms with Gasteiger partial charge >= 0.3 is 0 Å². The SMILES string of the molecule is CCCC(C)CC[P+](c1ccccc1)(c1ccccc1)c1ccccc1. The highest BCUT2D eigenvalue weighted by Crippen LogP contribution is 2.56. The Bertz CT molecular complexity index is 668. The molecule has 0 saturated heterocycles.